The van der Waals surface area contributed by atoms with Crippen LogP contribution in [0, 0.1) is 12.2 Å². The summed E-state index contributed by atoms with van der Waals surface area (Å²) in [6.07, 6.45) is 37.4. The number of hydrogen-bond acceptors (Lipinski definition) is 28. The van der Waals surface area contributed by atoms with Crippen molar-refractivity contribution in [3.05, 3.63) is 276 Å². The van der Waals surface area contributed by atoms with E-state index in [9.17, 15) is 34.0 Å². The maximum atomic E-state index is 12.7. The Bertz CT molecular complexity index is 5620. The molecule has 1 saturated heterocycles. The molecule has 8 heterocycles. The Hall–Kier alpha value is -8.49. The van der Waals surface area contributed by atoms with Gasteiger partial charge in [0.1, 0.15) is 15.0 Å². The molecule has 7 aromatic heterocycles. The number of aromatic nitrogens is 14. The zero-order chi connectivity index (χ0) is 90.2. The average Bonchev–Trinajstić information content (AvgIpc) is 1.63. The van der Waals surface area contributed by atoms with E-state index in [0.29, 0.717) is 83.7 Å². The summed E-state index contributed by atoms with van der Waals surface area (Å²) in [7, 11) is 4.03. The average molecular weight is 2030 g/mol. The second-order valence-electron chi connectivity index (χ2n) is 29.2. The molecule has 672 valence electrons. The maximum Gasteiger partial charge on any atom is 0.487 e. The number of nitrogens with zero attached hydrogens (tertiary/aromatic N) is 16. The number of nitrogen functional groups attached to an aromatic ring is 1. The summed E-state index contributed by atoms with van der Waals surface area (Å²) in [6, 6.07) is 28.7. The van der Waals surface area contributed by atoms with E-state index in [1.807, 2.05) is 58.0 Å². The van der Waals surface area contributed by atoms with Gasteiger partial charge < -0.3 is 46.8 Å². The predicted octanol–water partition coefficient (Wildman–Crippen LogP) is 16.3. The second-order valence-corrected chi connectivity index (χ2v) is 39.4. The molecule has 9 N–H and O–H groups in total. The minimum atomic E-state index is -3.62. The van der Waals surface area contributed by atoms with Gasteiger partial charge in [-0.3, -0.25) is 24.9 Å². The highest BCUT2D eigenvalue weighted by Gasteiger charge is 2.50. The highest BCUT2D eigenvalue weighted by molar-refractivity contribution is 9.10. The Morgan fingerprint density at radius 3 is 1.14 bits per heavy atom. The minimum Gasteiger partial charge on any atom is -0.412 e. The highest BCUT2D eigenvalue weighted by Crippen LogP contribution is 2.38. The van der Waals surface area contributed by atoms with Crippen molar-refractivity contribution in [3.63, 3.8) is 0 Å². The molecule has 43 heteroatoms. The van der Waals surface area contributed by atoms with Gasteiger partial charge in [0.05, 0.1) is 141 Å². The van der Waals surface area contributed by atoms with Gasteiger partial charge in [0.2, 0.25) is 5.95 Å². The summed E-state index contributed by atoms with van der Waals surface area (Å²) in [5, 5.41) is 4.72. The van der Waals surface area contributed by atoms with Crippen LogP contribution in [0.5, 0.6) is 0 Å². The van der Waals surface area contributed by atoms with Crippen LogP contribution in [0.25, 0.3) is 30.4 Å². The molecule has 126 heavy (non-hydrogen) atoms. The fourth-order valence-electron chi connectivity index (χ4n) is 11.6. The zero-order valence-corrected chi connectivity index (χ0v) is 79.8. The molecule has 2 aliphatic carbocycles. The van der Waals surface area contributed by atoms with E-state index >= 15 is 0 Å². The Morgan fingerprint density at radius 2 is 0.810 bits per heavy atom. The van der Waals surface area contributed by atoms with Crippen molar-refractivity contribution in [2.45, 2.75) is 151 Å². The smallest absolute Gasteiger partial charge is 0.412 e. The minimum absolute atomic E-state index is 0. The third kappa shape index (κ3) is 35.5. The first kappa shape index (κ1) is 106. The first-order valence-electron chi connectivity index (χ1n) is 38.1. The molecule has 0 spiro atoms. The molecule has 14 rings (SSSR count). The van der Waals surface area contributed by atoms with Gasteiger partial charge in [-0.1, -0.05) is 107 Å². The lowest BCUT2D eigenvalue weighted by molar-refractivity contribution is 0.00578. The Labute approximate surface area is 778 Å². The van der Waals surface area contributed by atoms with Gasteiger partial charge in [-0.05, 0) is 234 Å². The van der Waals surface area contributed by atoms with E-state index in [1.54, 1.807) is 97.4 Å². The monoisotopic (exact) mass is 2030 g/mol. The van der Waals surface area contributed by atoms with Gasteiger partial charge in [0, 0.05) is 82.9 Å². The van der Waals surface area contributed by atoms with E-state index in [-0.39, 0.29) is 69.2 Å². The van der Waals surface area contributed by atoms with Crippen LogP contribution in [0.1, 0.15) is 124 Å². The molecule has 0 bridgehead atoms. The summed E-state index contributed by atoms with van der Waals surface area (Å²) >= 11 is 29.8. The van der Waals surface area contributed by atoms with E-state index < -0.39 is 48.8 Å². The molecule has 1 aliphatic heterocycles. The molecule has 3 fully saturated rings. The largest absolute Gasteiger partial charge is 0.487 e. The van der Waals surface area contributed by atoms with Crippen molar-refractivity contribution in [3.8, 4) is 0 Å². The SMILES string of the molecule is CC1(C)OB(/C=C/c2cnc(F)nc2)OC1(C)C.CN(C)C1CCC(N)CC1.CN(C)C1CCC(Nc2ncc(/C=C/c3cnc(CS(=O)(=O)c4ccccc4Cl)cn3)cn2)CC1.ClSc1ccccc1Cl.Nc1cnc(Br)cn1.O.O.O=S(=O)(Cc1cnc(/C=C/c2cnc(F)nc2)cn1)c1ccccc1Cl.O=S(=O)(Cc1cnc(Br)cn1)c1ccccc1Cl. The normalized spacial score (nSPS) is 16.4. The van der Waals surface area contributed by atoms with Gasteiger partial charge in [-0.15, -0.1) is 0 Å². The fourth-order valence-corrected chi connectivity index (χ4v) is 18.5. The maximum absolute atomic E-state index is 12.7. The molecular formula is C83H95BBr2Cl5F2N19O10S4. The predicted molar refractivity (Wildman–Crippen MR) is 502 cm³/mol. The topological polar surface area (TPSA) is 435 Å². The second kappa shape index (κ2) is 51.6. The van der Waals surface area contributed by atoms with Crippen LogP contribution in [0.4, 0.5) is 20.5 Å². The van der Waals surface area contributed by atoms with Crippen LogP contribution < -0.4 is 16.8 Å². The molecule has 0 radical (unpaired) electrons. The van der Waals surface area contributed by atoms with Crippen LogP contribution in [-0.4, -0.2) is 186 Å². The van der Waals surface area contributed by atoms with Crippen molar-refractivity contribution < 1.29 is 54.3 Å². The molecule has 4 aromatic carbocycles. The van der Waals surface area contributed by atoms with Gasteiger partial charge in [-0.25, -0.2) is 70.1 Å². The lowest BCUT2D eigenvalue weighted by Crippen LogP contribution is -2.41. The number of nitrogens with two attached hydrogens (primary N) is 2. The Morgan fingerprint density at radius 1 is 0.460 bits per heavy atom. The van der Waals surface area contributed by atoms with Crippen LogP contribution in [-0.2, 0) is 56.1 Å². The molecule has 3 aliphatic rings. The van der Waals surface area contributed by atoms with E-state index in [4.69, 9.17) is 77.9 Å². The van der Waals surface area contributed by atoms with Crippen LogP contribution >= 0.6 is 99.9 Å². The molecule has 0 amide bonds. The van der Waals surface area contributed by atoms with Gasteiger partial charge in [0.15, 0.2) is 29.5 Å². The Balaban J connectivity index is 0.000000240. The lowest BCUT2D eigenvalue weighted by atomic mass is 9.89. The fraction of sp³-hybridized carbons (Fsp3) is 0.301. The molecule has 0 atom stereocenters. The lowest BCUT2D eigenvalue weighted by Gasteiger charge is -2.32. The number of anilines is 2. The third-order valence-electron chi connectivity index (χ3n) is 19.0. The molecule has 29 nitrogen and oxygen atoms in total. The number of rotatable bonds is 20. The number of sulfone groups is 3. The number of nitrogens with one attached hydrogen (secondary N) is 1. The number of benzene rings is 4. The van der Waals surface area contributed by atoms with Gasteiger partial charge >= 0.3 is 19.3 Å². The zero-order valence-electron chi connectivity index (χ0n) is 69.6. The Kier molecular flexibility index (Phi) is 43.6. The summed E-state index contributed by atoms with van der Waals surface area (Å²) in [4.78, 5) is 60.8. The van der Waals surface area contributed by atoms with Crippen molar-refractivity contribution in [1.82, 2.24) is 79.6 Å². The standard InChI is InChI=1S/C25H29ClN6O2S.C17H12ClFN4O2S.C12H16BFN2O2.C11H8BrClN2O2S.C8H18N2.C6H4Cl2S.C4H4BrN3.2H2O/c1-32(2)22-11-9-19(10-12-22)31-25-29-13-18(14-30-25)7-8-20-15-28-21(16-27-20)17-35(33,34)24-6-4-3-5-23(24)26;18-15-3-1-2-4-16(15)26(24,25)11-14-10-20-13(9-21-14)6-5-12-7-22-17(19)23-8-12;1-11(2)12(3,4)18-13(17-11)6-5-9-7-15-10(14)16-8-9;12-11-6-14-8(5-15-11)7-18(16,17)10-4-2-1-3-9(10)13;1-10(2)8-5-3-7(9)4-6-8;7-5-3-1-2-4-6(5)9-8;5-3-1-8-4(6)2-7-3;;/h3-8,13-16,19,22H,9-12,17H2,1-2H3,(H,29,30,31);1-10H,11H2;5-8H,1-4H3;1-6H,7H2;7-8H,3-6,9H2,1-2H3;1-4H;1-2H,(H2,6,8);2*1H2/b8-7+;2*6-5+;;;;;;. The highest BCUT2D eigenvalue weighted by atomic mass is 79.9. The molecule has 11 aromatic rings. The summed E-state index contributed by atoms with van der Waals surface area (Å²) in [6.45, 7) is 7.95. The molecular weight excluding hydrogens is 1940 g/mol. The summed E-state index contributed by atoms with van der Waals surface area (Å²) in [5.41, 5.74) is 14.5. The molecule has 0 unspecified atom stereocenters. The quantitative estimate of drug-likeness (QED) is 0.0471. The van der Waals surface area contributed by atoms with Gasteiger partial charge in [0.25, 0.3) is 0 Å². The first-order chi connectivity index (χ1) is 58.9. The number of hydrogen-bond donors (Lipinski definition) is 3. The summed E-state index contributed by atoms with van der Waals surface area (Å²) < 4.78 is 112. The van der Waals surface area contributed by atoms with E-state index in [2.05, 4.69) is 145 Å². The first-order valence-corrected chi connectivity index (χ1v) is 47.8. The van der Waals surface area contributed by atoms with E-state index in [1.165, 1.54) is 131 Å². The van der Waals surface area contributed by atoms with Crippen molar-refractivity contribution in [2.24, 2.45) is 5.73 Å². The van der Waals surface area contributed by atoms with Crippen LogP contribution in [0.2, 0.25) is 20.1 Å². The van der Waals surface area contributed by atoms with Gasteiger partial charge in [-0.2, -0.15) is 8.78 Å². The molecule has 2 saturated carbocycles. The van der Waals surface area contributed by atoms with Crippen molar-refractivity contribution in [1.29, 1.82) is 0 Å². The van der Waals surface area contributed by atoms with E-state index in [0.717, 1.165) is 40.3 Å². The number of halogens is 9. The van der Waals surface area contributed by atoms with Crippen LogP contribution in [0.3, 0.4) is 0 Å². The van der Waals surface area contributed by atoms with Crippen molar-refractivity contribution in [2.75, 3.05) is 39.2 Å². The van der Waals surface area contributed by atoms with Crippen molar-refractivity contribution >= 4 is 179 Å². The third-order valence-corrected chi connectivity index (χ3v) is 27.7. The summed E-state index contributed by atoms with van der Waals surface area (Å²) in [5.74, 6) is 2.05. The van der Waals surface area contributed by atoms with Crippen LogP contribution in [0.15, 0.2) is 219 Å².